The molecule has 0 aromatic heterocycles. The van der Waals surface area contributed by atoms with Gasteiger partial charge in [0.25, 0.3) is 5.79 Å². The van der Waals surface area contributed by atoms with Crippen molar-refractivity contribution < 1.29 is 33.2 Å². The molecule has 0 amide bonds. The lowest BCUT2D eigenvalue weighted by molar-refractivity contribution is -0.327. The molecular formula is C31H50O7. The number of esters is 1. The van der Waals surface area contributed by atoms with E-state index < -0.39 is 18.0 Å². The largest absolute Gasteiger partial charge is 0.465 e. The van der Waals surface area contributed by atoms with E-state index in [4.69, 9.17) is 28.4 Å². The summed E-state index contributed by atoms with van der Waals surface area (Å²) < 4.78 is 36.6. The third-order valence-electron chi connectivity index (χ3n) is 9.40. The van der Waals surface area contributed by atoms with Crippen molar-refractivity contribution in [1.29, 1.82) is 0 Å². The number of hydrogen-bond acceptors (Lipinski definition) is 7. The lowest BCUT2D eigenvalue weighted by Gasteiger charge is -2.49. The first-order valence-corrected chi connectivity index (χ1v) is 14.3. The van der Waals surface area contributed by atoms with E-state index in [1.807, 2.05) is 30.3 Å². The Morgan fingerprint density at radius 2 is 1.74 bits per heavy atom. The molecule has 3 unspecified atom stereocenters. The Kier molecular flexibility index (Phi) is 11.2. The lowest BCUT2D eigenvalue weighted by Crippen LogP contribution is -2.59. The molecule has 0 bridgehead atoms. The summed E-state index contributed by atoms with van der Waals surface area (Å²) in [6.07, 6.45) is 0.310. The van der Waals surface area contributed by atoms with Crippen LogP contribution < -0.4 is 0 Å². The Hall–Kier alpha value is -1.51. The summed E-state index contributed by atoms with van der Waals surface area (Å²) in [6, 6.07) is 10.1. The van der Waals surface area contributed by atoms with Gasteiger partial charge < -0.3 is 28.4 Å². The Bertz CT molecular complexity index is 861. The Morgan fingerprint density at radius 3 is 2.34 bits per heavy atom. The molecule has 2 heterocycles. The van der Waals surface area contributed by atoms with Gasteiger partial charge in [-0.25, -0.2) is 4.79 Å². The highest BCUT2D eigenvalue weighted by molar-refractivity contribution is 5.78. The smallest absolute Gasteiger partial charge is 0.366 e. The molecule has 7 nitrogen and oxygen atoms in total. The summed E-state index contributed by atoms with van der Waals surface area (Å²) >= 11 is 0. The van der Waals surface area contributed by atoms with Crippen LogP contribution in [0.4, 0.5) is 0 Å². The van der Waals surface area contributed by atoms with E-state index in [1.54, 1.807) is 7.11 Å². The van der Waals surface area contributed by atoms with Gasteiger partial charge in [-0.2, -0.15) is 0 Å². The molecule has 2 aliphatic heterocycles. The number of rotatable bonds is 11. The molecule has 0 saturated carbocycles. The summed E-state index contributed by atoms with van der Waals surface area (Å²) in [7, 11) is 3.03. The first-order valence-electron chi connectivity index (χ1n) is 14.3. The number of benzene rings is 1. The van der Waals surface area contributed by atoms with E-state index in [0.717, 1.165) is 12.0 Å². The minimum absolute atomic E-state index is 0.103. The molecular weight excluding hydrogens is 484 g/mol. The number of carbonyl (C=O) groups is 1. The highest BCUT2D eigenvalue weighted by Crippen LogP contribution is 2.43. The fourth-order valence-corrected chi connectivity index (χ4v) is 5.88. The van der Waals surface area contributed by atoms with Crippen molar-refractivity contribution in [1.82, 2.24) is 0 Å². The number of ether oxygens (including phenoxy) is 6. The van der Waals surface area contributed by atoms with Gasteiger partial charge in [0.2, 0.25) is 0 Å². The van der Waals surface area contributed by atoms with E-state index in [1.165, 1.54) is 7.11 Å². The molecule has 11 atom stereocenters. The number of hydrogen-bond donors (Lipinski definition) is 0. The van der Waals surface area contributed by atoms with Gasteiger partial charge >= 0.3 is 5.97 Å². The van der Waals surface area contributed by atoms with Gasteiger partial charge in [0.05, 0.1) is 32.5 Å². The molecule has 2 aliphatic rings. The van der Waals surface area contributed by atoms with Crippen molar-refractivity contribution in [3.8, 4) is 0 Å². The van der Waals surface area contributed by atoms with Crippen molar-refractivity contribution in [3.05, 3.63) is 35.9 Å². The molecule has 7 heteroatoms. The number of methoxy groups -OCH3 is 2. The second kappa shape index (κ2) is 13.7. The zero-order valence-electron chi connectivity index (χ0n) is 24.8. The van der Waals surface area contributed by atoms with Crippen LogP contribution in [-0.2, 0) is 39.8 Å². The average Bonchev–Trinajstić information content (AvgIpc) is 2.94. The monoisotopic (exact) mass is 534 g/mol. The van der Waals surface area contributed by atoms with E-state index >= 15 is 0 Å². The van der Waals surface area contributed by atoms with Crippen LogP contribution in [0.1, 0.15) is 66.9 Å². The fourth-order valence-electron chi connectivity index (χ4n) is 5.88. The van der Waals surface area contributed by atoms with Gasteiger partial charge in [-0.3, -0.25) is 0 Å². The maximum Gasteiger partial charge on any atom is 0.366 e. The van der Waals surface area contributed by atoms with Gasteiger partial charge in [0.15, 0.2) is 6.29 Å². The van der Waals surface area contributed by atoms with Crippen molar-refractivity contribution in [2.24, 2.45) is 35.5 Å². The molecule has 1 aromatic rings. The molecule has 3 rings (SSSR count). The van der Waals surface area contributed by atoms with Crippen LogP contribution in [-0.4, -0.2) is 57.2 Å². The molecule has 38 heavy (non-hydrogen) atoms. The van der Waals surface area contributed by atoms with Crippen LogP contribution in [0.2, 0.25) is 0 Å². The Labute approximate surface area is 229 Å². The second-order valence-corrected chi connectivity index (χ2v) is 11.7. The molecule has 216 valence electrons. The van der Waals surface area contributed by atoms with Gasteiger partial charge in [-0.1, -0.05) is 85.2 Å². The number of carbonyl (C=O) groups excluding carboxylic acids is 1. The standard InChI is InChI=1S/C31H50O7/c1-10-19(2)21(4)27-22(5)20(3)16-31(38-27,30(32)34-9)36-18-26-23(6)24(7)28(29(33-8)37-26)35-17-25-14-12-11-13-15-25/h11-15,19-24,26-29H,10,16-18H2,1-9H3/t19-,20-,21-,22-,23+,24+,26?,27?,28?,29+,31-/m1/s1. The topological polar surface area (TPSA) is 72.5 Å². The van der Waals surface area contributed by atoms with Crippen LogP contribution in [0.3, 0.4) is 0 Å². The average molecular weight is 535 g/mol. The molecule has 1 aromatic carbocycles. The Balaban J connectivity index is 1.74. The van der Waals surface area contributed by atoms with Crippen LogP contribution in [0.25, 0.3) is 0 Å². The predicted molar refractivity (Wildman–Crippen MR) is 146 cm³/mol. The fraction of sp³-hybridized carbons (Fsp3) is 0.774. The maximum absolute atomic E-state index is 13.2. The summed E-state index contributed by atoms with van der Waals surface area (Å²) in [4.78, 5) is 13.2. The lowest BCUT2D eigenvalue weighted by atomic mass is 9.74. The molecule has 0 spiro atoms. The molecule has 0 radical (unpaired) electrons. The van der Waals surface area contributed by atoms with Crippen molar-refractivity contribution >= 4 is 5.97 Å². The minimum Gasteiger partial charge on any atom is -0.465 e. The van der Waals surface area contributed by atoms with Crippen LogP contribution in [0.15, 0.2) is 30.3 Å². The molecule has 0 aliphatic carbocycles. The van der Waals surface area contributed by atoms with Crippen molar-refractivity contribution in [2.75, 3.05) is 20.8 Å². The molecule has 2 fully saturated rings. The summed E-state index contributed by atoms with van der Waals surface area (Å²) in [6.45, 7) is 16.0. The summed E-state index contributed by atoms with van der Waals surface area (Å²) in [5.41, 5.74) is 1.10. The molecule has 0 N–H and O–H groups in total. The van der Waals surface area contributed by atoms with Crippen LogP contribution in [0, 0.1) is 35.5 Å². The Morgan fingerprint density at radius 1 is 1.05 bits per heavy atom. The highest BCUT2D eigenvalue weighted by atomic mass is 16.7. The third-order valence-corrected chi connectivity index (χ3v) is 9.40. The first kappa shape index (κ1) is 31.0. The maximum atomic E-state index is 13.2. The quantitative estimate of drug-likeness (QED) is 0.330. The van der Waals surface area contributed by atoms with Gasteiger partial charge in [0, 0.05) is 13.5 Å². The van der Waals surface area contributed by atoms with Crippen LogP contribution in [0.5, 0.6) is 0 Å². The first-order chi connectivity index (χ1) is 18.1. The zero-order chi connectivity index (χ0) is 28.0. The summed E-state index contributed by atoms with van der Waals surface area (Å²) in [5, 5.41) is 0. The van der Waals surface area contributed by atoms with Gasteiger partial charge in [-0.15, -0.1) is 0 Å². The van der Waals surface area contributed by atoms with E-state index in [0.29, 0.717) is 24.9 Å². The second-order valence-electron chi connectivity index (χ2n) is 11.7. The predicted octanol–water partition coefficient (Wildman–Crippen LogP) is 5.84. The third kappa shape index (κ3) is 6.79. The normalized spacial score (nSPS) is 37.4. The van der Waals surface area contributed by atoms with E-state index in [-0.39, 0.29) is 48.6 Å². The van der Waals surface area contributed by atoms with Gasteiger partial charge in [-0.05, 0) is 41.1 Å². The van der Waals surface area contributed by atoms with Crippen molar-refractivity contribution in [2.45, 2.75) is 98.3 Å². The highest BCUT2D eigenvalue weighted by Gasteiger charge is 2.54. The summed E-state index contributed by atoms with van der Waals surface area (Å²) in [5.74, 6) is -0.437. The minimum atomic E-state index is -1.46. The van der Waals surface area contributed by atoms with Gasteiger partial charge in [0.1, 0.15) is 6.10 Å². The van der Waals surface area contributed by atoms with Crippen LogP contribution >= 0.6 is 0 Å². The SMILES string of the molecule is CC[C@@H](C)[C@@H](C)C1O[C@@](OCC2O[C@H](OC)C(OCc3ccccc3)[C@@H](C)[C@@H]2C)(C(=O)OC)C[C@@H](C)[C@H]1C. The van der Waals surface area contributed by atoms with E-state index in [9.17, 15) is 4.79 Å². The van der Waals surface area contributed by atoms with E-state index in [2.05, 4.69) is 48.5 Å². The zero-order valence-corrected chi connectivity index (χ0v) is 24.8. The molecule has 2 saturated heterocycles. The van der Waals surface area contributed by atoms with Crippen molar-refractivity contribution in [3.63, 3.8) is 0 Å².